The maximum atomic E-state index is 12.5. The van der Waals surface area contributed by atoms with Gasteiger partial charge in [-0.3, -0.25) is 0 Å². The summed E-state index contributed by atoms with van der Waals surface area (Å²) in [5.74, 6) is 0.264. The van der Waals surface area contributed by atoms with Crippen molar-refractivity contribution >= 4 is 9.84 Å². The van der Waals surface area contributed by atoms with E-state index in [1.54, 1.807) is 13.2 Å². The Bertz CT molecular complexity index is 711. The van der Waals surface area contributed by atoms with Crippen LogP contribution in [0.4, 0.5) is 0 Å². The van der Waals surface area contributed by atoms with Gasteiger partial charge in [-0.25, -0.2) is 8.42 Å². The molecule has 0 saturated carbocycles. The summed E-state index contributed by atoms with van der Waals surface area (Å²) >= 11 is 0. The largest absolute Gasteiger partial charge is 0.378 e. The van der Waals surface area contributed by atoms with E-state index in [9.17, 15) is 8.42 Å². The van der Waals surface area contributed by atoms with Gasteiger partial charge in [0.05, 0.1) is 11.9 Å². The van der Waals surface area contributed by atoms with Crippen LogP contribution in [0.25, 0.3) is 0 Å². The van der Waals surface area contributed by atoms with Gasteiger partial charge >= 0.3 is 0 Å². The fraction of sp³-hybridized carbons (Fsp3) is 0.400. The Labute approximate surface area is 123 Å². The van der Waals surface area contributed by atoms with E-state index in [1.165, 1.54) is 0 Å². The average Bonchev–Trinajstić information content (AvgIpc) is 3.05. The Morgan fingerprint density at radius 2 is 1.95 bits per heavy atom. The van der Waals surface area contributed by atoms with E-state index >= 15 is 0 Å². The molecule has 0 amide bonds. The summed E-state index contributed by atoms with van der Waals surface area (Å²) in [6.07, 6.45) is 1.16. The summed E-state index contributed by atoms with van der Waals surface area (Å²) < 4.78 is 35.1. The zero-order chi connectivity index (χ0) is 14.9. The second kappa shape index (κ2) is 5.61. The number of hydrogen-bond acceptors (Lipinski definition) is 5. The van der Waals surface area contributed by atoms with Gasteiger partial charge in [-0.1, -0.05) is 29.4 Å². The van der Waals surface area contributed by atoms with Crippen LogP contribution in [-0.2, 0) is 39.8 Å². The zero-order valence-corrected chi connectivity index (χ0v) is 12.6. The first-order valence-electron chi connectivity index (χ1n) is 6.80. The summed E-state index contributed by atoms with van der Waals surface area (Å²) in [4.78, 5) is 0. The summed E-state index contributed by atoms with van der Waals surface area (Å²) in [5.41, 5.74) is 2.87. The molecule has 0 atom stereocenters. The van der Waals surface area contributed by atoms with Gasteiger partial charge in [0.25, 0.3) is 0 Å². The Balaban J connectivity index is 1.73. The van der Waals surface area contributed by atoms with Gasteiger partial charge in [0, 0.05) is 13.2 Å². The molecule has 0 bridgehead atoms. The lowest BCUT2D eigenvalue weighted by Crippen LogP contribution is -2.23. The number of hydrogen-bond donors (Lipinski definition) is 0. The summed E-state index contributed by atoms with van der Waals surface area (Å²) in [6, 6.07) is 9.53. The summed E-state index contributed by atoms with van der Waals surface area (Å²) in [7, 11) is -1.70. The molecule has 0 aliphatic heterocycles. The van der Waals surface area contributed by atoms with E-state index in [0.29, 0.717) is 30.9 Å². The average molecular weight is 307 g/mol. The molecule has 3 rings (SSSR count). The lowest BCUT2D eigenvalue weighted by atomic mass is 10.1. The second-order valence-electron chi connectivity index (χ2n) is 5.32. The third-order valence-electron chi connectivity index (χ3n) is 3.76. The molecule has 1 aliphatic rings. The molecule has 0 N–H and O–H groups in total. The van der Waals surface area contributed by atoms with Crippen LogP contribution in [-0.4, -0.2) is 25.9 Å². The van der Waals surface area contributed by atoms with Crippen molar-refractivity contribution in [2.45, 2.75) is 30.5 Å². The predicted octanol–water partition coefficient (Wildman–Crippen LogP) is 1.90. The van der Waals surface area contributed by atoms with E-state index in [0.717, 1.165) is 11.1 Å². The van der Waals surface area contributed by atoms with Crippen LogP contribution in [0.5, 0.6) is 0 Å². The van der Waals surface area contributed by atoms with E-state index < -0.39 is 9.84 Å². The number of ether oxygens (including phenoxy) is 1. The summed E-state index contributed by atoms with van der Waals surface area (Å²) in [5, 5.41) is 3.42. The molecule has 112 valence electrons. The van der Waals surface area contributed by atoms with Crippen molar-refractivity contribution in [2.75, 3.05) is 7.11 Å². The summed E-state index contributed by atoms with van der Waals surface area (Å²) in [6.45, 7) is 0.318. The molecule has 21 heavy (non-hydrogen) atoms. The van der Waals surface area contributed by atoms with Crippen molar-refractivity contribution in [3.63, 3.8) is 0 Å². The van der Waals surface area contributed by atoms with Gasteiger partial charge in [0.1, 0.15) is 11.4 Å². The topological polar surface area (TPSA) is 69.4 Å². The van der Waals surface area contributed by atoms with Crippen LogP contribution >= 0.6 is 0 Å². The van der Waals surface area contributed by atoms with Crippen LogP contribution < -0.4 is 0 Å². The maximum Gasteiger partial charge on any atom is 0.161 e. The highest BCUT2D eigenvalue weighted by Crippen LogP contribution is 2.28. The molecule has 0 radical (unpaired) electrons. The Hall–Kier alpha value is -1.66. The highest BCUT2D eigenvalue weighted by molar-refractivity contribution is 7.91. The number of aromatic nitrogens is 1. The van der Waals surface area contributed by atoms with Gasteiger partial charge < -0.3 is 9.26 Å². The molecule has 1 aromatic carbocycles. The first kappa shape index (κ1) is 14.3. The zero-order valence-electron chi connectivity index (χ0n) is 11.8. The minimum Gasteiger partial charge on any atom is -0.378 e. The van der Waals surface area contributed by atoms with Crippen LogP contribution in [0, 0.1) is 0 Å². The molecule has 0 spiro atoms. The first-order chi connectivity index (χ1) is 10.1. The molecule has 1 aliphatic carbocycles. The number of methoxy groups -OCH3 is 1. The van der Waals surface area contributed by atoms with Crippen molar-refractivity contribution in [1.82, 2.24) is 5.16 Å². The number of benzene rings is 1. The Morgan fingerprint density at radius 1 is 1.29 bits per heavy atom. The predicted molar refractivity (Wildman–Crippen MR) is 77.5 cm³/mol. The third kappa shape index (κ3) is 3.01. The normalized spacial score (nSPS) is 15.3. The van der Waals surface area contributed by atoms with Crippen molar-refractivity contribution in [3.8, 4) is 0 Å². The number of nitrogens with zero attached hydrogens (tertiary/aromatic N) is 1. The minimum atomic E-state index is -3.26. The third-order valence-corrected chi connectivity index (χ3v) is 5.80. The van der Waals surface area contributed by atoms with E-state index in [4.69, 9.17) is 9.26 Å². The van der Waals surface area contributed by atoms with Gasteiger partial charge in [0.15, 0.2) is 15.6 Å². The quantitative estimate of drug-likeness (QED) is 0.844. The van der Waals surface area contributed by atoms with E-state index in [1.807, 2.05) is 24.3 Å². The smallest absolute Gasteiger partial charge is 0.161 e. The monoisotopic (exact) mass is 307 g/mol. The van der Waals surface area contributed by atoms with Crippen molar-refractivity contribution < 1.29 is 17.7 Å². The molecule has 1 heterocycles. The van der Waals surface area contributed by atoms with Crippen molar-refractivity contribution in [1.29, 1.82) is 0 Å². The molecule has 1 aromatic heterocycles. The molecule has 0 fully saturated rings. The highest BCUT2D eigenvalue weighted by Gasteiger charge is 2.33. The molecular weight excluding hydrogens is 290 g/mol. The van der Waals surface area contributed by atoms with Crippen LogP contribution in [0.15, 0.2) is 34.9 Å². The van der Waals surface area contributed by atoms with Gasteiger partial charge in [-0.15, -0.1) is 0 Å². The highest BCUT2D eigenvalue weighted by atomic mass is 32.2. The maximum absolute atomic E-state index is 12.5. The SMILES string of the molecule is COCc1cc(CS(=O)(=O)C2Cc3ccccc3C2)on1. The fourth-order valence-corrected chi connectivity index (χ4v) is 4.36. The molecule has 0 saturated heterocycles. The Kier molecular flexibility index (Phi) is 3.82. The fourth-order valence-electron chi connectivity index (χ4n) is 2.73. The van der Waals surface area contributed by atoms with Crippen molar-refractivity contribution in [2.24, 2.45) is 0 Å². The van der Waals surface area contributed by atoms with Gasteiger partial charge in [-0.2, -0.15) is 0 Å². The van der Waals surface area contributed by atoms with Gasteiger partial charge in [-0.05, 0) is 24.0 Å². The Morgan fingerprint density at radius 3 is 2.57 bits per heavy atom. The standard InChI is InChI=1S/C15H17NO4S/c1-19-9-13-8-14(20-16-13)10-21(17,18)15-6-11-4-2-3-5-12(11)7-15/h2-5,8,15H,6-7,9-10H2,1H3. The molecule has 5 nitrogen and oxygen atoms in total. The first-order valence-corrected chi connectivity index (χ1v) is 8.52. The molecular formula is C15H17NO4S. The van der Waals surface area contributed by atoms with E-state index in [-0.39, 0.29) is 11.0 Å². The van der Waals surface area contributed by atoms with Crippen LogP contribution in [0.3, 0.4) is 0 Å². The lowest BCUT2D eigenvalue weighted by Gasteiger charge is -2.09. The number of sulfone groups is 1. The van der Waals surface area contributed by atoms with Crippen molar-refractivity contribution in [3.05, 3.63) is 52.9 Å². The van der Waals surface area contributed by atoms with Crippen LogP contribution in [0.2, 0.25) is 0 Å². The van der Waals surface area contributed by atoms with Gasteiger partial charge in [0.2, 0.25) is 0 Å². The number of rotatable bonds is 5. The number of fused-ring (bicyclic) bond motifs is 1. The second-order valence-corrected chi connectivity index (χ2v) is 7.60. The van der Waals surface area contributed by atoms with Crippen LogP contribution in [0.1, 0.15) is 22.6 Å². The molecule has 2 aromatic rings. The molecule has 6 heteroatoms. The lowest BCUT2D eigenvalue weighted by molar-refractivity contribution is 0.177. The van der Waals surface area contributed by atoms with E-state index in [2.05, 4.69) is 5.16 Å². The molecule has 0 unspecified atom stereocenters. The minimum absolute atomic E-state index is 0.109.